The second-order valence-corrected chi connectivity index (χ2v) is 5.89. The molecule has 0 aliphatic carbocycles. The van der Waals surface area contributed by atoms with E-state index < -0.39 is 11.8 Å². The third-order valence-corrected chi connectivity index (χ3v) is 4.44. The first-order chi connectivity index (χ1) is 9.49. The van der Waals surface area contributed by atoms with Crippen molar-refractivity contribution in [3.8, 4) is 0 Å². The largest absolute Gasteiger partial charge is 0.478 e. The fraction of sp³-hybridized carbons (Fsp3) is 0.231. The highest BCUT2D eigenvalue weighted by atomic mass is 79.9. The Hall–Kier alpha value is -1.47. The summed E-state index contributed by atoms with van der Waals surface area (Å²) in [7, 11) is 0. The van der Waals surface area contributed by atoms with Gasteiger partial charge in [0, 0.05) is 24.0 Å². The predicted octanol–water partition coefficient (Wildman–Crippen LogP) is 3.71. The van der Waals surface area contributed by atoms with Crippen LogP contribution in [0, 0.1) is 12.7 Å². The van der Waals surface area contributed by atoms with Gasteiger partial charge in [-0.05, 0) is 35.0 Å². The number of halogens is 2. The molecule has 1 aromatic carbocycles. The lowest BCUT2D eigenvalue weighted by molar-refractivity contribution is 0.0695. The van der Waals surface area contributed by atoms with E-state index in [0.717, 1.165) is 10.7 Å². The second-order valence-electron chi connectivity index (χ2n) is 4.15. The number of carbonyl (C=O) groups is 1. The van der Waals surface area contributed by atoms with Crippen LogP contribution < -0.4 is 5.32 Å². The Balaban J connectivity index is 2.03. The molecule has 0 saturated heterocycles. The summed E-state index contributed by atoms with van der Waals surface area (Å²) in [6, 6.07) is 2.79. The third kappa shape index (κ3) is 3.34. The van der Waals surface area contributed by atoms with E-state index in [2.05, 4.69) is 26.2 Å². The summed E-state index contributed by atoms with van der Waals surface area (Å²) in [4.78, 5) is 15.2. The Kier molecular flexibility index (Phi) is 4.72. The monoisotopic (exact) mass is 358 g/mol. The van der Waals surface area contributed by atoms with Gasteiger partial charge in [0.25, 0.3) is 0 Å². The van der Waals surface area contributed by atoms with Crippen LogP contribution in [0.1, 0.15) is 21.1 Å². The number of thiazole rings is 1. The Morgan fingerprint density at radius 1 is 1.55 bits per heavy atom. The van der Waals surface area contributed by atoms with E-state index in [1.54, 1.807) is 11.3 Å². The molecule has 106 valence electrons. The van der Waals surface area contributed by atoms with Gasteiger partial charge in [0.05, 0.1) is 20.7 Å². The number of benzene rings is 1. The number of aryl methyl sites for hydroxylation is 1. The number of hydrogen-bond acceptors (Lipinski definition) is 4. The highest BCUT2D eigenvalue weighted by Gasteiger charge is 2.15. The normalized spacial score (nSPS) is 10.6. The lowest BCUT2D eigenvalue weighted by Crippen LogP contribution is -2.08. The van der Waals surface area contributed by atoms with Crippen molar-refractivity contribution in [3.05, 3.63) is 44.1 Å². The molecule has 7 heteroatoms. The van der Waals surface area contributed by atoms with E-state index in [9.17, 15) is 9.18 Å². The zero-order valence-corrected chi connectivity index (χ0v) is 13.0. The fourth-order valence-corrected chi connectivity index (χ4v) is 2.96. The van der Waals surface area contributed by atoms with Gasteiger partial charge in [-0.1, -0.05) is 0 Å². The molecule has 0 aliphatic rings. The van der Waals surface area contributed by atoms with Gasteiger partial charge in [-0.25, -0.2) is 14.2 Å². The van der Waals surface area contributed by atoms with Gasteiger partial charge in [0.2, 0.25) is 0 Å². The summed E-state index contributed by atoms with van der Waals surface area (Å²) in [6.07, 6.45) is 0.691. The SMILES string of the molecule is Cc1csc(CCNc2ccc(C(=O)O)c(Br)c2F)n1. The first-order valence-corrected chi connectivity index (χ1v) is 7.52. The molecule has 0 spiro atoms. The number of carboxylic acids is 1. The number of rotatable bonds is 5. The molecule has 2 aromatic rings. The maximum Gasteiger partial charge on any atom is 0.336 e. The minimum absolute atomic E-state index is 0.0416. The van der Waals surface area contributed by atoms with Crippen LogP contribution in [0.2, 0.25) is 0 Å². The van der Waals surface area contributed by atoms with Gasteiger partial charge in [-0.15, -0.1) is 11.3 Å². The first-order valence-electron chi connectivity index (χ1n) is 5.85. The smallest absolute Gasteiger partial charge is 0.336 e. The van der Waals surface area contributed by atoms with Crippen LogP contribution in [0.4, 0.5) is 10.1 Å². The molecule has 1 aromatic heterocycles. The quantitative estimate of drug-likeness (QED) is 0.855. The highest BCUT2D eigenvalue weighted by Crippen LogP contribution is 2.27. The lowest BCUT2D eigenvalue weighted by atomic mass is 10.2. The van der Waals surface area contributed by atoms with Crippen molar-refractivity contribution in [2.24, 2.45) is 0 Å². The average Bonchev–Trinajstić information content (AvgIpc) is 2.80. The summed E-state index contributed by atoms with van der Waals surface area (Å²) < 4.78 is 13.9. The number of carboxylic acid groups (broad SMARTS) is 1. The van der Waals surface area contributed by atoms with Gasteiger partial charge >= 0.3 is 5.97 Å². The third-order valence-electron chi connectivity index (χ3n) is 2.63. The zero-order valence-electron chi connectivity index (χ0n) is 10.6. The van der Waals surface area contributed by atoms with Crippen molar-refractivity contribution in [2.75, 3.05) is 11.9 Å². The van der Waals surface area contributed by atoms with Gasteiger partial charge in [0.15, 0.2) is 5.82 Å². The van der Waals surface area contributed by atoms with E-state index in [4.69, 9.17) is 5.11 Å². The van der Waals surface area contributed by atoms with Crippen LogP contribution >= 0.6 is 27.3 Å². The number of anilines is 1. The van der Waals surface area contributed by atoms with Crippen LogP contribution in [0.15, 0.2) is 22.0 Å². The molecule has 0 fully saturated rings. The highest BCUT2D eigenvalue weighted by molar-refractivity contribution is 9.10. The molecule has 0 amide bonds. The molecule has 1 heterocycles. The molecule has 0 aliphatic heterocycles. The molecule has 0 unspecified atom stereocenters. The van der Waals surface area contributed by atoms with E-state index >= 15 is 0 Å². The van der Waals surface area contributed by atoms with Crippen molar-refractivity contribution in [1.29, 1.82) is 0 Å². The summed E-state index contributed by atoms with van der Waals surface area (Å²) in [5, 5.41) is 14.8. The van der Waals surface area contributed by atoms with Crippen molar-refractivity contribution in [3.63, 3.8) is 0 Å². The number of aromatic carboxylic acids is 1. The summed E-state index contributed by atoms with van der Waals surface area (Å²) in [6.45, 7) is 2.46. The van der Waals surface area contributed by atoms with Crippen LogP contribution in [-0.2, 0) is 6.42 Å². The van der Waals surface area contributed by atoms with E-state index in [1.807, 2.05) is 12.3 Å². The van der Waals surface area contributed by atoms with Crippen molar-refractivity contribution in [1.82, 2.24) is 4.98 Å². The van der Waals surface area contributed by atoms with Crippen LogP contribution in [0.25, 0.3) is 0 Å². The van der Waals surface area contributed by atoms with Gasteiger partial charge < -0.3 is 10.4 Å². The topological polar surface area (TPSA) is 62.2 Å². The van der Waals surface area contributed by atoms with E-state index in [1.165, 1.54) is 12.1 Å². The number of nitrogens with zero attached hydrogens (tertiary/aromatic N) is 1. The molecule has 2 N–H and O–H groups in total. The van der Waals surface area contributed by atoms with Gasteiger partial charge in [-0.2, -0.15) is 0 Å². The molecule has 0 radical (unpaired) electrons. The van der Waals surface area contributed by atoms with Crippen LogP contribution in [0.3, 0.4) is 0 Å². The maximum absolute atomic E-state index is 14.0. The van der Waals surface area contributed by atoms with Crippen LogP contribution in [-0.4, -0.2) is 22.6 Å². The molecule has 20 heavy (non-hydrogen) atoms. The van der Waals surface area contributed by atoms with Crippen LogP contribution in [0.5, 0.6) is 0 Å². The summed E-state index contributed by atoms with van der Waals surface area (Å²) in [5.41, 5.74) is 1.16. The minimum Gasteiger partial charge on any atom is -0.478 e. The average molecular weight is 359 g/mol. The van der Waals surface area contributed by atoms with Gasteiger partial charge in [0.1, 0.15) is 0 Å². The number of nitrogens with one attached hydrogen (secondary N) is 1. The van der Waals surface area contributed by atoms with E-state index in [0.29, 0.717) is 13.0 Å². The summed E-state index contributed by atoms with van der Waals surface area (Å²) >= 11 is 4.53. The zero-order chi connectivity index (χ0) is 14.7. The minimum atomic E-state index is -1.17. The summed E-state index contributed by atoms with van der Waals surface area (Å²) in [5.74, 6) is -1.76. The molecule has 0 saturated carbocycles. The predicted molar refractivity (Wildman–Crippen MR) is 80.1 cm³/mol. The van der Waals surface area contributed by atoms with Gasteiger partial charge in [-0.3, -0.25) is 0 Å². The Bertz CT molecular complexity index is 645. The lowest BCUT2D eigenvalue weighted by Gasteiger charge is -2.09. The van der Waals surface area contributed by atoms with E-state index in [-0.39, 0.29) is 15.7 Å². The molecule has 0 atom stereocenters. The molecular weight excluding hydrogens is 347 g/mol. The molecule has 2 rings (SSSR count). The molecule has 4 nitrogen and oxygen atoms in total. The van der Waals surface area contributed by atoms with Crippen molar-refractivity contribution >= 4 is 38.9 Å². The fourth-order valence-electron chi connectivity index (χ4n) is 1.67. The first kappa shape index (κ1) is 14.9. The standard InChI is InChI=1S/C13H12BrFN2O2S/c1-7-6-20-10(17-7)4-5-16-9-3-2-8(13(18)19)11(14)12(9)15/h2-3,6,16H,4-5H2,1H3,(H,18,19). The van der Waals surface area contributed by atoms with Crippen molar-refractivity contribution in [2.45, 2.75) is 13.3 Å². The number of hydrogen-bond donors (Lipinski definition) is 2. The van der Waals surface area contributed by atoms with Crippen molar-refractivity contribution < 1.29 is 14.3 Å². The molecular formula is C13H12BrFN2O2S. The Morgan fingerprint density at radius 2 is 2.30 bits per heavy atom. The Morgan fingerprint density at radius 3 is 2.90 bits per heavy atom. The molecule has 0 bridgehead atoms. The maximum atomic E-state index is 14.0. The Labute approximate surface area is 127 Å². The second kappa shape index (κ2) is 6.32. The number of aromatic nitrogens is 1.